The van der Waals surface area contributed by atoms with Gasteiger partial charge in [-0.05, 0) is 68.9 Å². The predicted molar refractivity (Wildman–Crippen MR) is 113 cm³/mol. The van der Waals surface area contributed by atoms with Crippen LogP contribution in [0, 0.1) is 0 Å². The molecule has 2 N–H and O–H groups in total. The van der Waals surface area contributed by atoms with Crippen molar-refractivity contribution in [1.29, 1.82) is 0 Å². The van der Waals surface area contributed by atoms with Gasteiger partial charge in [-0.15, -0.1) is 0 Å². The van der Waals surface area contributed by atoms with Crippen LogP contribution in [0.3, 0.4) is 0 Å². The lowest BCUT2D eigenvalue weighted by Crippen LogP contribution is -2.51. The number of hydrogen-bond acceptors (Lipinski definition) is 3. The number of aliphatic hydroxyl groups is 1. The average Bonchev–Trinajstić information content (AvgIpc) is 2.97. The van der Waals surface area contributed by atoms with E-state index in [2.05, 4.69) is 5.32 Å². The van der Waals surface area contributed by atoms with E-state index in [1.807, 2.05) is 53.4 Å². The number of nitrogens with one attached hydrogen (secondary N) is 1. The first-order valence-corrected chi connectivity index (χ1v) is 10.3. The second-order valence-corrected chi connectivity index (χ2v) is 8.92. The van der Waals surface area contributed by atoms with Crippen molar-refractivity contribution in [3.05, 3.63) is 65.2 Å². The fourth-order valence-corrected chi connectivity index (χ4v) is 4.45. The fraction of sp³-hybridized carbons (Fsp3) is 0.417. The summed E-state index contributed by atoms with van der Waals surface area (Å²) in [5, 5.41) is 12.9. The molecule has 2 aromatic carbocycles. The topological polar surface area (TPSA) is 69.6 Å². The zero-order valence-corrected chi connectivity index (χ0v) is 17.1. The number of benzene rings is 2. The Morgan fingerprint density at radius 1 is 1.17 bits per heavy atom. The quantitative estimate of drug-likeness (QED) is 0.836. The fourth-order valence-electron chi connectivity index (χ4n) is 4.45. The van der Waals surface area contributed by atoms with Crippen LogP contribution in [0.25, 0.3) is 0 Å². The number of carbonyl (C=O) groups is 2. The Hall–Kier alpha value is -2.66. The average molecular weight is 392 g/mol. The molecule has 1 atom stereocenters. The van der Waals surface area contributed by atoms with Crippen molar-refractivity contribution < 1.29 is 14.7 Å². The number of rotatable bonds is 4. The number of amides is 2. The normalized spacial score (nSPS) is 21.2. The van der Waals surface area contributed by atoms with E-state index >= 15 is 0 Å². The van der Waals surface area contributed by atoms with Gasteiger partial charge in [-0.25, -0.2) is 0 Å². The summed E-state index contributed by atoms with van der Waals surface area (Å²) < 4.78 is 0. The second-order valence-electron chi connectivity index (χ2n) is 8.92. The zero-order valence-electron chi connectivity index (χ0n) is 17.1. The SMILES string of the molecule is CC(C)(O)CCc1ccc(C(=O)N2CCC[C@@]3(C2)C(=O)Nc2ccccc23)cc1. The second kappa shape index (κ2) is 7.30. The third-order valence-corrected chi connectivity index (χ3v) is 6.13. The van der Waals surface area contributed by atoms with Gasteiger partial charge in [0.15, 0.2) is 0 Å². The van der Waals surface area contributed by atoms with Crippen molar-refractivity contribution >= 4 is 17.5 Å². The van der Waals surface area contributed by atoms with Gasteiger partial charge in [-0.2, -0.15) is 0 Å². The van der Waals surface area contributed by atoms with Crippen LogP contribution in [-0.2, 0) is 16.6 Å². The maximum Gasteiger partial charge on any atom is 0.253 e. The minimum absolute atomic E-state index is 0.00170. The van der Waals surface area contributed by atoms with Gasteiger partial charge in [-0.1, -0.05) is 30.3 Å². The number of aryl methyl sites for hydroxylation is 1. The number of anilines is 1. The van der Waals surface area contributed by atoms with Crippen LogP contribution in [0.2, 0.25) is 0 Å². The van der Waals surface area contributed by atoms with E-state index in [0.717, 1.165) is 36.1 Å². The van der Waals surface area contributed by atoms with Crippen LogP contribution in [0.1, 0.15) is 54.6 Å². The molecule has 5 heteroatoms. The Bertz CT molecular complexity index is 930. The van der Waals surface area contributed by atoms with E-state index in [-0.39, 0.29) is 11.8 Å². The Kier molecular flexibility index (Phi) is 4.95. The Morgan fingerprint density at radius 3 is 2.62 bits per heavy atom. The summed E-state index contributed by atoms with van der Waals surface area (Å²) in [7, 11) is 0. The molecule has 2 aromatic rings. The summed E-state index contributed by atoms with van der Waals surface area (Å²) in [5.74, 6) is -0.0338. The van der Waals surface area contributed by atoms with Gasteiger partial charge in [0.25, 0.3) is 5.91 Å². The molecule has 1 saturated heterocycles. The first kappa shape index (κ1) is 19.6. The van der Waals surface area contributed by atoms with E-state index in [4.69, 9.17) is 0 Å². The number of piperidine rings is 1. The number of hydrogen-bond donors (Lipinski definition) is 2. The molecule has 0 aromatic heterocycles. The number of fused-ring (bicyclic) bond motifs is 2. The number of para-hydroxylation sites is 1. The van der Waals surface area contributed by atoms with Crippen molar-refractivity contribution in [2.45, 2.75) is 50.5 Å². The summed E-state index contributed by atoms with van der Waals surface area (Å²) in [6.45, 7) is 4.68. The molecule has 0 radical (unpaired) electrons. The Morgan fingerprint density at radius 2 is 1.90 bits per heavy atom. The first-order valence-electron chi connectivity index (χ1n) is 10.3. The third kappa shape index (κ3) is 3.79. The van der Waals surface area contributed by atoms with Crippen molar-refractivity contribution in [2.24, 2.45) is 0 Å². The summed E-state index contributed by atoms with van der Waals surface area (Å²) in [6.07, 6.45) is 3.00. The molecular weight excluding hydrogens is 364 g/mol. The monoisotopic (exact) mass is 392 g/mol. The smallest absolute Gasteiger partial charge is 0.253 e. The highest BCUT2D eigenvalue weighted by Crippen LogP contribution is 2.43. The van der Waals surface area contributed by atoms with Gasteiger partial charge >= 0.3 is 0 Å². The largest absolute Gasteiger partial charge is 0.390 e. The predicted octanol–water partition coefficient (Wildman–Crippen LogP) is 3.52. The van der Waals surface area contributed by atoms with Crippen LogP contribution in [-0.4, -0.2) is 40.5 Å². The highest BCUT2D eigenvalue weighted by atomic mass is 16.3. The summed E-state index contributed by atoms with van der Waals surface area (Å²) in [5.41, 5.74) is 2.27. The summed E-state index contributed by atoms with van der Waals surface area (Å²) in [6, 6.07) is 15.4. The van der Waals surface area contributed by atoms with Crippen molar-refractivity contribution in [3.8, 4) is 0 Å². The van der Waals surface area contributed by atoms with Gasteiger partial charge in [-0.3, -0.25) is 9.59 Å². The Labute approximate surface area is 171 Å². The molecule has 4 rings (SSSR count). The molecule has 29 heavy (non-hydrogen) atoms. The highest BCUT2D eigenvalue weighted by molar-refractivity contribution is 6.07. The van der Waals surface area contributed by atoms with Gasteiger partial charge in [0.2, 0.25) is 5.91 Å². The van der Waals surface area contributed by atoms with Gasteiger partial charge < -0.3 is 15.3 Å². The molecular formula is C24H28N2O3. The van der Waals surface area contributed by atoms with E-state index in [9.17, 15) is 14.7 Å². The van der Waals surface area contributed by atoms with E-state index in [0.29, 0.717) is 25.1 Å². The lowest BCUT2D eigenvalue weighted by molar-refractivity contribution is -0.122. The highest BCUT2D eigenvalue weighted by Gasteiger charge is 2.49. The van der Waals surface area contributed by atoms with Gasteiger partial charge in [0.1, 0.15) is 0 Å². The molecule has 152 valence electrons. The summed E-state index contributed by atoms with van der Waals surface area (Å²) in [4.78, 5) is 27.8. The molecule has 2 aliphatic heterocycles. The minimum atomic E-state index is -0.700. The number of likely N-dealkylation sites (tertiary alicyclic amines) is 1. The number of carbonyl (C=O) groups excluding carboxylic acids is 2. The zero-order chi connectivity index (χ0) is 20.6. The van der Waals surface area contributed by atoms with Crippen molar-refractivity contribution in [1.82, 2.24) is 4.90 Å². The third-order valence-electron chi connectivity index (χ3n) is 6.13. The van der Waals surface area contributed by atoms with Crippen LogP contribution in [0.15, 0.2) is 48.5 Å². The molecule has 0 saturated carbocycles. The van der Waals surface area contributed by atoms with Crippen LogP contribution in [0.4, 0.5) is 5.69 Å². The van der Waals surface area contributed by atoms with E-state index < -0.39 is 11.0 Å². The van der Waals surface area contributed by atoms with Crippen molar-refractivity contribution in [2.75, 3.05) is 18.4 Å². The molecule has 1 spiro atoms. The van der Waals surface area contributed by atoms with Crippen LogP contribution in [0.5, 0.6) is 0 Å². The molecule has 2 heterocycles. The molecule has 0 aliphatic carbocycles. The molecule has 0 unspecified atom stereocenters. The summed E-state index contributed by atoms with van der Waals surface area (Å²) >= 11 is 0. The lowest BCUT2D eigenvalue weighted by Gasteiger charge is -2.39. The lowest BCUT2D eigenvalue weighted by atomic mass is 9.75. The molecule has 2 aliphatic rings. The van der Waals surface area contributed by atoms with E-state index in [1.54, 1.807) is 13.8 Å². The molecule has 2 amide bonds. The molecule has 5 nitrogen and oxygen atoms in total. The Balaban J connectivity index is 1.51. The van der Waals surface area contributed by atoms with Gasteiger partial charge in [0, 0.05) is 24.3 Å². The van der Waals surface area contributed by atoms with Crippen LogP contribution >= 0.6 is 0 Å². The maximum atomic E-state index is 13.1. The molecule has 1 fully saturated rings. The van der Waals surface area contributed by atoms with E-state index in [1.165, 1.54) is 0 Å². The van der Waals surface area contributed by atoms with Gasteiger partial charge in [0.05, 0.1) is 11.0 Å². The minimum Gasteiger partial charge on any atom is -0.390 e. The molecule has 0 bridgehead atoms. The standard InChI is InChI=1S/C24H28N2O3/c1-23(2,29)14-12-17-8-10-18(11-9-17)21(27)26-15-5-13-24(16-26)19-6-3-4-7-20(19)25-22(24)28/h3-4,6-11,29H,5,12-16H2,1-2H3,(H,25,28)/t24-/m0/s1. The number of nitrogens with zero attached hydrogens (tertiary/aromatic N) is 1. The first-order chi connectivity index (χ1) is 13.8. The van der Waals surface area contributed by atoms with Crippen LogP contribution < -0.4 is 5.32 Å². The van der Waals surface area contributed by atoms with Crippen molar-refractivity contribution in [3.63, 3.8) is 0 Å². The maximum absolute atomic E-state index is 13.1.